The molecule has 0 radical (unpaired) electrons. The zero-order valence-electron chi connectivity index (χ0n) is 11.3. The Morgan fingerprint density at radius 3 is 2.85 bits per heavy atom. The maximum absolute atomic E-state index is 13.3. The maximum Gasteiger partial charge on any atom is 0.338 e. The number of hydrogen-bond donors (Lipinski definition) is 2. The van der Waals surface area contributed by atoms with Crippen LogP contribution >= 0.6 is 0 Å². The molecule has 0 unspecified atom stereocenters. The van der Waals surface area contributed by atoms with Crippen molar-refractivity contribution in [2.24, 2.45) is 0 Å². The lowest BCUT2D eigenvalue weighted by molar-refractivity contribution is 0.0692. The fraction of sp³-hybridized carbons (Fsp3) is 0.286. The number of halogens is 1. The fourth-order valence-corrected chi connectivity index (χ4v) is 1.75. The lowest BCUT2D eigenvalue weighted by Crippen LogP contribution is -2.04. The molecule has 0 aliphatic heterocycles. The van der Waals surface area contributed by atoms with E-state index < -0.39 is 11.8 Å². The van der Waals surface area contributed by atoms with E-state index in [0.29, 0.717) is 12.2 Å². The third kappa shape index (κ3) is 3.14. The smallest absolute Gasteiger partial charge is 0.338 e. The van der Waals surface area contributed by atoms with E-state index in [9.17, 15) is 9.18 Å². The van der Waals surface area contributed by atoms with Crippen molar-refractivity contribution in [1.29, 1.82) is 0 Å². The molecule has 1 aromatic carbocycles. The van der Waals surface area contributed by atoms with Crippen LogP contribution in [0.2, 0.25) is 0 Å². The molecule has 106 valence electrons. The number of aromatic nitrogens is 2. The molecule has 2 aromatic rings. The summed E-state index contributed by atoms with van der Waals surface area (Å²) in [7, 11) is 0. The van der Waals surface area contributed by atoms with Crippen LogP contribution in [-0.4, -0.2) is 20.9 Å². The summed E-state index contributed by atoms with van der Waals surface area (Å²) in [5.74, 6) is -2.02. The predicted molar refractivity (Wildman–Crippen MR) is 73.3 cm³/mol. The molecule has 0 aliphatic carbocycles. The number of aromatic carboxylic acids is 1. The first-order chi connectivity index (χ1) is 9.47. The van der Waals surface area contributed by atoms with E-state index in [2.05, 4.69) is 10.4 Å². The second-order valence-electron chi connectivity index (χ2n) is 4.78. The molecule has 20 heavy (non-hydrogen) atoms. The van der Waals surface area contributed by atoms with Gasteiger partial charge in [0.05, 0.1) is 11.8 Å². The van der Waals surface area contributed by atoms with Crippen LogP contribution in [0.4, 0.5) is 10.1 Å². The molecule has 1 heterocycles. The highest BCUT2D eigenvalue weighted by Gasteiger charge is 2.10. The van der Waals surface area contributed by atoms with Crippen molar-refractivity contribution in [3.05, 3.63) is 47.5 Å². The van der Waals surface area contributed by atoms with E-state index in [0.717, 1.165) is 11.6 Å². The van der Waals surface area contributed by atoms with Crippen molar-refractivity contribution in [3.63, 3.8) is 0 Å². The van der Waals surface area contributed by atoms with Crippen molar-refractivity contribution in [2.75, 3.05) is 5.32 Å². The van der Waals surface area contributed by atoms with Crippen molar-refractivity contribution in [3.8, 4) is 0 Å². The van der Waals surface area contributed by atoms with Crippen LogP contribution in [0.1, 0.15) is 35.8 Å². The number of carbonyl (C=O) groups is 1. The third-order valence-electron chi connectivity index (χ3n) is 2.88. The van der Waals surface area contributed by atoms with Gasteiger partial charge in [-0.05, 0) is 32.0 Å². The average Bonchev–Trinajstić information content (AvgIpc) is 2.86. The quantitative estimate of drug-likeness (QED) is 0.881. The Morgan fingerprint density at radius 1 is 1.50 bits per heavy atom. The van der Waals surface area contributed by atoms with Crippen LogP contribution in [0.3, 0.4) is 0 Å². The van der Waals surface area contributed by atoms with E-state index in [1.54, 1.807) is 6.20 Å². The Kier molecular flexibility index (Phi) is 4.02. The zero-order valence-corrected chi connectivity index (χ0v) is 11.3. The summed E-state index contributed by atoms with van der Waals surface area (Å²) in [4.78, 5) is 10.8. The van der Waals surface area contributed by atoms with E-state index in [1.165, 1.54) is 12.1 Å². The second-order valence-corrected chi connectivity index (χ2v) is 4.78. The third-order valence-corrected chi connectivity index (χ3v) is 2.88. The number of carboxylic acids is 1. The summed E-state index contributed by atoms with van der Waals surface area (Å²) < 4.78 is 15.1. The van der Waals surface area contributed by atoms with Gasteiger partial charge in [0, 0.05) is 30.0 Å². The number of carboxylic acid groups (broad SMARTS) is 1. The van der Waals surface area contributed by atoms with Crippen LogP contribution in [0.15, 0.2) is 30.6 Å². The van der Waals surface area contributed by atoms with Crippen molar-refractivity contribution in [1.82, 2.24) is 9.78 Å². The predicted octanol–water partition coefficient (Wildman–Crippen LogP) is 2.91. The minimum atomic E-state index is -1.28. The fourth-order valence-electron chi connectivity index (χ4n) is 1.75. The van der Waals surface area contributed by atoms with Crippen molar-refractivity contribution in [2.45, 2.75) is 26.4 Å². The minimum absolute atomic E-state index is 0.285. The van der Waals surface area contributed by atoms with E-state index in [4.69, 9.17) is 5.11 Å². The Hall–Kier alpha value is -2.37. The molecule has 0 spiro atoms. The average molecular weight is 277 g/mol. The molecule has 0 saturated heterocycles. The Bertz CT molecular complexity index is 623. The number of hydrogen-bond acceptors (Lipinski definition) is 3. The summed E-state index contributed by atoms with van der Waals surface area (Å²) in [6.45, 7) is 4.56. The largest absolute Gasteiger partial charge is 0.478 e. The molecule has 6 heteroatoms. The SMILES string of the molecule is CC(C)n1cc(CNc2ccc(F)c(C(=O)O)c2)cn1. The lowest BCUT2D eigenvalue weighted by Gasteiger charge is -2.07. The summed E-state index contributed by atoms with van der Waals surface area (Å²) >= 11 is 0. The first-order valence-electron chi connectivity index (χ1n) is 6.27. The highest BCUT2D eigenvalue weighted by atomic mass is 19.1. The van der Waals surface area contributed by atoms with Crippen LogP contribution in [0.25, 0.3) is 0 Å². The van der Waals surface area contributed by atoms with E-state index in [-0.39, 0.29) is 11.6 Å². The van der Waals surface area contributed by atoms with Gasteiger partial charge in [0.1, 0.15) is 5.82 Å². The molecule has 0 atom stereocenters. The van der Waals surface area contributed by atoms with Gasteiger partial charge >= 0.3 is 5.97 Å². The molecule has 0 fully saturated rings. The zero-order chi connectivity index (χ0) is 14.7. The first-order valence-corrected chi connectivity index (χ1v) is 6.27. The van der Waals surface area contributed by atoms with Gasteiger partial charge in [-0.3, -0.25) is 4.68 Å². The molecular weight excluding hydrogens is 261 g/mol. The van der Waals surface area contributed by atoms with E-state index >= 15 is 0 Å². The highest BCUT2D eigenvalue weighted by Crippen LogP contribution is 2.16. The van der Waals surface area contributed by atoms with Crippen LogP contribution in [0, 0.1) is 5.82 Å². The van der Waals surface area contributed by atoms with Crippen LogP contribution in [0.5, 0.6) is 0 Å². The Balaban J connectivity index is 2.06. The molecule has 1 aromatic heterocycles. The molecule has 2 N–H and O–H groups in total. The minimum Gasteiger partial charge on any atom is -0.478 e. The standard InChI is InChI=1S/C14H16FN3O2/c1-9(2)18-8-10(7-17-18)6-16-11-3-4-13(15)12(5-11)14(19)20/h3-5,7-9,16H,6H2,1-2H3,(H,19,20). The van der Waals surface area contributed by atoms with Gasteiger partial charge in [-0.25, -0.2) is 9.18 Å². The van der Waals surface area contributed by atoms with Gasteiger partial charge in [0.25, 0.3) is 0 Å². The van der Waals surface area contributed by atoms with Gasteiger partial charge in [0.2, 0.25) is 0 Å². The van der Waals surface area contributed by atoms with Gasteiger partial charge in [-0.1, -0.05) is 0 Å². The topological polar surface area (TPSA) is 67.2 Å². The molecule has 0 bridgehead atoms. The molecule has 5 nitrogen and oxygen atoms in total. The Labute approximate surface area is 116 Å². The summed E-state index contributed by atoms with van der Waals surface area (Å²) in [5.41, 5.74) is 1.19. The number of benzene rings is 1. The number of rotatable bonds is 5. The summed E-state index contributed by atoms with van der Waals surface area (Å²) in [6, 6.07) is 4.22. The van der Waals surface area contributed by atoms with Gasteiger partial charge in [0.15, 0.2) is 0 Å². The molecule has 2 rings (SSSR count). The van der Waals surface area contributed by atoms with Gasteiger partial charge in [-0.2, -0.15) is 5.10 Å². The normalized spacial score (nSPS) is 10.8. The molecule has 0 saturated carbocycles. The number of anilines is 1. The highest BCUT2D eigenvalue weighted by molar-refractivity contribution is 5.89. The number of nitrogens with one attached hydrogen (secondary N) is 1. The van der Waals surface area contributed by atoms with Gasteiger partial charge in [-0.15, -0.1) is 0 Å². The first kappa shape index (κ1) is 14.0. The molecular formula is C14H16FN3O2. The molecule has 0 amide bonds. The van der Waals surface area contributed by atoms with Crippen molar-refractivity contribution >= 4 is 11.7 Å². The number of nitrogens with zero attached hydrogens (tertiary/aromatic N) is 2. The monoisotopic (exact) mass is 277 g/mol. The summed E-state index contributed by atoms with van der Waals surface area (Å²) in [5, 5.41) is 16.1. The second kappa shape index (κ2) is 5.73. The van der Waals surface area contributed by atoms with E-state index in [1.807, 2.05) is 24.7 Å². The Morgan fingerprint density at radius 2 is 2.25 bits per heavy atom. The van der Waals surface area contributed by atoms with Crippen LogP contribution < -0.4 is 5.32 Å². The summed E-state index contributed by atoms with van der Waals surface area (Å²) in [6.07, 6.45) is 3.66. The molecule has 0 aliphatic rings. The van der Waals surface area contributed by atoms with Crippen LogP contribution in [-0.2, 0) is 6.54 Å². The lowest BCUT2D eigenvalue weighted by atomic mass is 10.2. The van der Waals surface area contributed by atoms with Gasteiger partial charge < -0.3 is 10.4 Å². The maximum atomic E-state index is 13.3. The van der Waals surface area contributed by atoms with Crippen molar-refractivity contribution < 1.29 is 14.3 Å².